The highest BCUT2D eigenvalue weighted by Crippen LogP contribution is 2.25. The molecule has 15 heavy (non-hydrogen) atoms. The number of hydrogen-bond donors (Lipinski definition) is 1. The Morgan fingerprint density at radius 1 is 1.47 bits per heavy atom. The summed E-state index contributed by atoms with van der Waals surface area (Å²) in [5, 5.41) is 3.73. The van der Waals surface area contributed by atoms with Gasteiger partial charge in [0.1, 0.15) is 0 Å². The van der Waals surface area contributed by atoms with Crippen LogP contribution in [0.2, 0.25) is 0 Å². The fourth-order valence-corrected chi connectivity index (χ4v) is 3.11. The number of thioether (sulfide) groups is 1. The fraction of sp³-hybridized carbons (Fsp3) is 1.00. The second-order valence-corrected chi connectivity index (χ2v) is 5.78. The molecule has 0 amide bonds. The Morgan fingerprint density at radius 2 is 2.27 bits per heavy atom. The lowest BCUT2D eigenvalue weighted by Gasteiger charge is -2.34. The van der Waals surface area contributed by atoms with Crippen molar-refractivity contribution in [1.29, 1.82) is 0 Å². The van der Waals surface area contributed by atoms with Crippen LogP contribution in [-0.4, -0.2) is 49.1 Å². The maximum absolute atomic E-state index is 3.73. The number of hydrogen-bond acceptors (Lipinski definition) is 3. The second-order valence-electron chi connectivity index (χ2n) is 4.79. The van der Waals surface area contributed by atoms with Gasteiger partial charge in [0.2, 0.25) is 0 Å². The standard InChI is InChI=1S/C12H26N2S/c1-4-6-12(7-5-8-13-12)11-14(2)9-10-15-3/h13H,4-11H2,1-3H3. The van der Waals surface area contributed by atoms with Crippen molar-refractivity contribution in [2.24, 2.45) is 0 Å². The third-order valence-corrected chi connectivity index (χ3v) is 3.90. The Morgan fingerprint density at radius 3 is 2.80 bits per heavy atom. The van der Waals surface area contributed by atoms with Crippen LogP contribution in [0.3, 0.4) is 0 Å². The second kappa shape index (κ2) is 6.77. The van der Waals surface area contributed by atoms with Gasteiger partial charge in [-0.3, -0.25) is 0 Å². The minimum absolute atomic E-state index is 0.432. The first-order valence-corrected chi connectivity index (χ1v) is 7.54. The van der Waals surface area contributed by atoms with Gasteiger partial charge in [0.05, 0.1) is 0 Å². The van der Waals surface area contributed by atoms with Gasteiger partial charge in [0.25, 0.3) is 0 Å². The van der Waals surface area contributed by atoms with Crippen LogP contribution in [0.1, 0.15) is 32.6 Å². The van der Waals surface area contributed by atoms with Crippen LogP contribution < -0.4 is 5.32 Å². The van der Waals surface area contributed by atoms with Gasteiger partial charge < -0.3 is 10.2 Å². The summed E-state index contributed by atoms with van der Waals surface area (Å²) >= 11 is 1.94. The number of likely N-dealkylation sites (N-methyl/N-ethyl adjacent to an activating group) is 1. The van der Waals surface area contributed by atoms with E-state index in [4.69, 9.17) is 0 Å². The average Bonchev–Trinajstić information content (AvgIpc) is 2.64. The van der Waals surface area contributed by atoms with E-state index in [-0.39, 0.29) is 0 Å². The number of rotatable bonds is 7. The molecule has 0 aromatic heterocycles. The lowest BCUT2D eigenvalue weighted by atomic mass is 9.91. The molecule has 0 aromatic carbocycles. The first-order chi connectivity index (χ1) is 7.22. The van der Waals surface area contributed by atoms with E-state index in [0.717, 1.165) is 0 Å². The van der Waals surface area contributed by atoms with E-state index in [1.807, 2.05) is 11.8 Å². The van der Waals surface area contributed by atoms with Crippen LogP contribution >= 0.6 is 11.8 Å². The minimum atomic E-state index is 0.432. The third kappa shape index (κ3) is 4.33. The lowest BCUT2D eigenvalue weighted by molar-refractivity contribution is 0.221. The normalized spacial score (nSPS) is 26.4. The van der Waals surface area contributed by atoms with Crippen molar-refractivity contribution in [3.8, 4) is 0 Å². The monoisotopic (exact) mass is 230 g/mol. The van der Waals surface area contributed by atoms with Crippen LogP contribution in [0.25, 0.3) is 0 Å². The summed E-state index contributed by atoms with van der Waals surface area (Å²) in [6, 6.07) is 0. The first kappa shape index (κ1) is 13.3. The largest absolute Gasteiger partial charge is 0.310 e. The molecule has 1 atom stereocenters. The van der Waals surface area contributed by atoms with Crippen molar-refractivity contribution < 1.29 is 0 Å². The Kier molecular flexibility index (Phi) is 6.02. The summed E-state index contributed by atoms with van der Waals surface area (Å²) in [5.74, 6) is 1.25. The Labute approximate surface area is 99.2 Å². The van der Waals surface area contributed by atoms with E-state index in [0.29, 0.717) is 5.54 Å². The minimum Gasteiger partial charge on any atom is -0.310 e. The van der Waals surface area contributed by atoms with Crippen LogP contribution in [0.15, 0.2) is 0 Å². The molecule has 0 bridgehead atoms. The average molecular weight is 230 g/mol. The zero-order valence-electron chi connectivity index (χ0n) is 10.5. The molecule has 90 valence electrons. The molecule has 1 saturated heterocycles. The van der Waals surface area contributed by atoms with Crippen molar-refractivity contribution >= 4 is 11.8 Å². The predicted molar refractivity (Wildman–Crippen MR) is 70.8 cm³/mol. The van der Waals surface area contributed by atoms with Gasteiger partial charge in [-0.05, 0) is 39.1 Å². The van der Waals surface area contributed by atoms with E-state index in [1.165, 1.54) is 51.1 Å². The zero-order chi connectivity index (χ0) is 11.1. The van der Waals surface area contributed by atoms with Gasteiger partial charge in [-0.1, -0.05) is 13.3 Å². The lowest BCUT2D eigenvalue weighted by Crippen LogP contribution is -2.49. The van der Waals surface area contributed by atoms with Gasteiger partial charge in [0, 0.05) is 24.4 Å². The van der Waals surface area contributed by atoms with Crippen LogP contribution in [0.5, 0.6) is 0 Å². The smallest absolute Gasteiger partial charge is 0.0309 e. The predicted octanol–water partition coefficient (Wildman–Crippen LogP) is 2.20. The molecule has 0 aliphatic carbocycles. The van der Waals surface area contributed by atoms with E-state index in [9.17, 15) is 0 Å². The molecule has 3 heteroatoms. The molecule has 1 aliphatic heterocycles. The summed E-state index contributed by atoms with van der Waals surface area (Å²) in [7, 11) is 2.26. The molecule has 1 N–H and O–H groups in total. The van der Waals surface area contributed by atoms with Gasteiger partial charge in [-0.15, -0.1) is 0 Å². The quantitative estimate of drug-likeness (QED) is 0.722. The Bertz CT molecular complexity index is 167. The van der Waals surface area contributed by atoms with Crippen molar-refractivity contribution in [1.82, 2.24) is 10.2 Å². The fourth-order valence-electron chi connectivity index (χ4n) is 2.62. The molecule has 0 saturated carbocycles. The van der Waals surface area contributed by atoms with Gasteiger partial charge in [-0.25, -0.2) is 0 Å². The first-order valence-electron chi connectivity index (χ1n) is 6.15. The molecule has 2 nitrogen and oxygen atoms in total. The Hall–Kier alpha value is 0.270. The SMILES string of the molecule is CCCC1(CN(C)CCSC)CCCN1. The molecule has 1 aliphatic rings. The number of nitrogens with one attached hydrogen (secondary N) is 1. The molecule has 0 radical (unpaired) electrons. The van der Waals surface area contributed by atoms with Crippen LogP contribution in [-0.2, 0) is 0 Å². The van der Waals surface area contributed by atoms with Gasteiger partial charge >= 0.3 is 0 Å². The highest BCUT2D eigenvalue weighted by atomic mass is 32.2. The van der Waals surface area contributed by atoms with E-state index >= 15 is 0 Å². The maximum Gasteiger partial charge on any atom is 0.0309 e. The summed E-state index contributed by atoms with van der Waals surface area (Å²) in [5.41, 5.74) is 0.432. The van der Waals surface area contributed by atoms with E-state index < -0.39 is 0 Å². The molecule has 1 unspecified atom stereocenters. The van der Waals surface area contributed by atoms with Crippen LogP contribution in [0.4, 0.5) is 0 Å². The van der Waals surface area contributed by atoms with Crippen molar-refractivity contribution in [3.63, 3.8) is 0 Å². The summed E-state index contributed by atoms with van der Waals surface area (Å²) in [4.78, 5) is 2.49. The van der Waals surface area contributed by atoms with Crippen molar-refractivity contribution in [2.45, 2.75) is 38.1 Å². The Balaban J connectivity index is 2.36. The highest BCUT2D eigenvalue weighted by Gasteiger charge is 2.33. The van der Waals surface area contributed by atoms with Crippen LogP contribution in [0, 0.1) is 0 Å². The zero-order valence-corrected chi connectivity index (χ0v) is 11.3. The van der Waals surface area contributed by atoms with E-state index in [2.05, 4.69) is 30.4 Å². The summed E-state index contributed by atoms with van der Waals surface area (Å²) in [6.45, 7) is 5.95. The van der Waals surface area contributed by atoms with Crippen molar-refractivity contribution in [3.05, 3.63) is 0 Å². The summed E-state index contributed by atoms with van der Waals surface area (Å²) < 4.78 is 0. The maximum atomic E-state index is 3.73. The summed E-state index contributed by atoms with van der Waals surface area (Å²) in [6.07, 6.45) is 7.53. The molecular formula is C12H26N2S. The molecule has 1 heterocycles. The van der Waals surface area contributed by atoms with Gasteiger partial charge in [0.15, 0.2) is 0 Å². The molecule has 0 aromatic rings. The third-order valence-electron chi connectivity index (χ3n) is 3.31. The number of nitrogens with zero attached hydrogens (tertiary/aromatic N) is 1. The van der Waals surface area contributed by atoms with Crippen molar-refractivity contribution in [2.75, 3.05) is 38.7 Å². The van der Waals surface area contributed by atoms with Gasteiger partial charge in [-0.2, -0.15) is 11.8 Å². The topological polar surface area (TPSA) is 15.3 Å². The molecule has 1 rings (SSSR count). The molecule has 0 spiro atoms. The molecule has 1 fully saturated rings. The highest BCUT2D eigenvalue weighted by molar-refractivity contribution is 7.98. The van der Waals surface area contributed by atoms with E-state index in [1.54, 1.807) is 0 Å². The molecular weight excluding hydrogens is 204 g/mol.